The van der Waals surface area contributed by atoms with E-state index in [2.05, 4.69) is 199 Å². The van der Waals surface area contributed by atoms with E-state index in [0.29, 0.717) is 0 Å². The van der Waals surface area contributed by atoms with Gasteiger partial charge in [-0.3, -0.25) is 0 Å². The molecule has 0 unspecified atom stereocenters. The van der Waals surface area contributed by atoms with Crippen LogP contribution in [0.5, 0.6) is 0 Å². The second-order valence-electron chi connectivity index (χ2n) is 13.2. The van der Waals surface area contributed by atoms with Crippen molar-refractivity contribution in [1.82, 2.24) is 0 Å². The lowest BCUT2D eigenvalue weighted by atomic mass is 9.67. The lowest BCUT2D eigenvalue weighted by molar-refractivity contribution is 0.769. The Bertz CT molecular complexity index is 2130. The van der Waals surface area contributed by atoms with Crippen LogP contribution in [0.15, 0.2) is 158 Å². The van der Waals surface area contributed by atoms with Gasteiger partial charge in [0.25, 0.3) is 0 Å². The van der Waals surface area contributed by atoms with Crippen molar-refractivity contribution < 1.29 is 0 Å². The molecule has 0 fully saturated rings. The third-order valence-corrected chi connectivity index (χ3v) is 9.51. The lowest BCUT2D eigenvalue weighted by Crippen LogP contribution is -2.28. The summed E-state index contributed by atoms with van der Waals surface area (Å²) in [7, 11) is 0. The van der Waals surface area contributed by atoms with Crippen molar-refractivity contribution in [3.63, 3.8) is 0 Å². The van der Waals surface area contributed by atoms with Crippen LogP contribution in [0.4, 0.5) is 0 Å². The molecule has 0 saturated heterocycles. The van der Waals surface area contributed by atoms with Crippen molar-refractivity contribution >= 4 is 10.8 Å². The van der Waals surface area contributed by atoms with Gasteiger partial charge in [0.05, 0.1) is 5.41 Å². The van der Waals surface area contributed by atoms with Gasteiger partial charge in [0.1, 0.15) is 0 Å². The Morgan fingerprint density at radius 3 is 1.59 bits per heavy atom. The van der Waals surface area contributed by atoms with Crippen LogP contribution in [-0.4, -0.2) is 0 Å². The Morgan fingerprint density at radius 1 is 0.431 bits per heavy atom. The van der Waals surface area contributed by atoms with Crippen molar-refractivity contribution in [3.8, 4) is 33.4 Å². The van der Waals surface area contributed by atoms with E-state index in [4.69, 9.17) is 0 Å². The highest BCUT2D eigenvalue weighted by Gasteiger charge is 2.46. The first-order valence-electron chi connectivity index (χ1n) is 18.9. The van der Waals surface area contributed by atoms with Gasteiger partial charge in [0, 0.05) is 0 Å². The van der Waals surface area contributed by atoms with Gasteiger partial charge in [-0.25, -0.2) is 0 Å². The SMILES string of the molecule is CC.CCC.CCC.Cc1ccc2ccccc2c1-c1cccc(-c2ccc3c(c2)C(c2ccccc2)(c2ccccc2)c2ccccc2-3)c1C. The summed E-state index contributed by atoms with van der Waals surface area (Å²) in [5.41, 5.74) is 15.3. The van der Waals surface area contributed by atoms with E-state index in [1.807, 2.05) is 13.8 Å². The van der Waals surface area contributed by atoms with E-state index in [1.165, 1.54) is 90.4 Å². The molecule has 0 spiro atoms. The first-order chi connectivity index (χ1) is 25.0. The highest BCUT2D eigenvalue weighted by atomic mass is 14.5. The maximum atomic E-state index is 2.47. The van der Waals surface area contributed by atoms with Crippen LogP contribution in [0, 0.1) is 13.8 Å². The molecular weight excluding hydrogens is 613 g/mol. The Balaban J connectivity index is 0.000000582. The maximum Gasteiger partial charge on any atom is 0.0713 e. The Kier molecular flexibility index (Phi) is 12.5. The topological polar surface area (TPSA) is 0 Å². The molecule has 0 nitrogen and oxygen atoms in total. The predicted octanol–water partition coefficient (Wildman–Crippen LogP) is 15.0. The van der Waals surface area contributed by atoms with Gasteiger partial charge in [0.2, 0.25) is 0 Å². The van der Waals surface area contributed by atoms with Crippen molar-refractivity contribution in [2.24, 2.45) is 0 Å². The molecule has 0 bridgehead atoms. The Hall–Kier alpha value is -5.20. The molecule has 0 N–H and O–H groups in total. The van der Waals surface area contributed by atoms with Crippen LogP contribution in [0.25, 0.3) is 44.2 Å². The molecule has 0 radical (unpaired) electrons. The van der Waals surface area contributed by atoms with Crippen LogP contribution in [0.1, 0.15) is 87.8 Å². The predicted molar refractivity (Wildman–Crippen MR) is 225 cm³/mol. The summed E-state index contributed by atoms with van der Waals surface area (Å²) < 4.78 is 0. The number of rotatable bonds is 4. The molecule has 0 heteroatoms. The maximum absolute atomic E-state index is 2.47. The minimum Gasteiger partial charge on any atom is -0.0683 e. The third kappa shape index (κ3) is 6.93. The zero-order valence-electron chi connectivity index (χ0n) is 31.9. The van der Waals surface area contributed by atoms with E-state index in [0.717, 1.165) is 0 Å². The third-order valence-electron chi connectivity index (χ3n) is 9.51. The summed E-state index contributed by atoms with van der Waals surface area (Å²) in [6.45, 7) is 17.0. The molecule has 0 heterocycles. The molecule has 51 heavy (non-hydrogen) atoms. The summed E-state index contributed by atoms with van der Waals surface area (Å²) in [4.78, 5) is 0. The Labute approximate surface area is 307 Å². The number of hydrogen-bond donors (Lipinski definition) is 0. The normalized spacial score (nSPS) is 11.8. The average Bonchev–Trinajstić information content (AvgIpc) is 3.48. The summed E-state index contributed by atoms with van der Waals surface area (Å²) >= 11 is 0. The fraction of sp³-hybridized carbons (Fsp3) is 0.216. The molecule has 0 amide bonds. The molecule has 7 aromatic carbocycles. The molecule has 0 aromatic heterocycles. The van der Waals surface area contributed by atoms with Crippen molar-refractivity contribution in [3.05, 3.63) is 191 Å². The number of hydrogen-bond acceptors (Lipinski definition) is 0. The summed E-state index contributed by atoms with van der Waals surface area (Å²) in [6.07, 6.45) is 2.50. The summed E-state index contributed by atoms with van der Waals surface area (Å²) in [6, 6.07) is 58.2. The van der Waals surface area contributed by atoms with E-state index in [1.54, 1.807) is 0 Å². The molecule has 0 atom stereocenters. The fourth-order valence-electron chi connectivity index (χ4n) is 7.57. The molecular formula is C51H54. The van der Waals surface area contributed by atoms with Crippen molar-refractivity contribution in [2.45, 2.75) is 73.6 Å². The second-order valence-corrected chi connectivity index (χ2v) is 13.2. The van der Waals surface area contributed by atoms with E-state index in [-0.39, 0.29) is 0 Å². The van der Waals surface area contributed by atoms with Gasteiger partial charge in [-0.15, -0.1) is 0 Å². The number of aryl methyl sites for hydroxylation is 1. The minimum atomic E-state index is -0.401. The van der Waals surface area contributed by atoms with Crippen LogP contribution < -0.4 is 0 Å². The number of fused-ring (bicyclic) bond motifs is 4. The number of benzene rings is 7. The highest BCUT2D eigenvalue weighted by molar-refractivity contribution is 6.00. The lowest BCUT2D eigenvalue weighted by Gasteiger charge is -2.34. The smallest absolute Gasteiger partial charge is 0.0683 e. The molecule has 7 aromatic rings. The molecule has 258 valence electrons. The molecule has 0 aliphatic heterocycles. The van der Waals surface area contributed by atoms with E-state index in [9.17, 15) is 0 Å². The molecule has 1 aliphatic carbocycles. The minimum absolute atomic E-state index is 0.401. The zero-order valence-corrected chi connectivity index (χ0v) is 31.9. The van der Waals surface area contributed by atoms with Crippen molar-refractivity contribution in [1.29, 1.82) is 0 Å². The van der Waals surface area contributed by atoms with Crippen LogP contribution >= 0.6 is 0 Å². The van der Waals surface area contributed by atoms with E-state index >= 15 is 0 Å². The quantitative estimate of drug-likeness (QED) is 0.175. The monoisotopic (exact) mass is 666 g/mol. The zero-order chi connectivity index (χ0) is 36.4. The van der Waals surface area contributed by atoms with Gasteiger partial charge >= 0.3 is 0 Å². The van der Waals surface area contributed by atoms with Crippen LogP contribution in [0.2, 0.25) is 0 Å². The highest BCUT2D eigenvalue weighted by Crippen LogP contribution is 2.56. The Morgan fingerprint density at radius 2 is 0.941 bits per heavy atom. The molecule has 0 saturated carbocycles. The van der Waals surface area contributed by atoms with Gasteiger partial charge in [-0.2, -0.15) is 0 Å². The molecule has 1 aliphatic rings. The molecule has 8 rings (SSSR count). The fourth-order valence-corrected chi connectivity index (χ4v) is 7.57. The second kappa shape index (κ2) is 17.1. The van der Waals surface area contributed by atoms with Gasteiger partial charge in [-0.05, 0) is 97.4 Å². The largest absolute Gasteiger partial charge is 0.0713 e. The summed E-state index contributed by atoms with van der Waals surface area (Å²) in [5, 5.41) is 2.58. The standard InChI is InChI=1S/C43H32.2C3H8.C2H6/c1-29-24-25-31-14-9-10-19-37(31)42(29)36-22-13-21-35(30(36)2)32-26-27-39-38-20-11-12-23-40(38)43(41(39)28-32,33-15-5-3-6-16-33)34-17-7-4-8-18-34;2*1-3-2;1-2/h3-28H,1-2H3;2*3H2,1-2H3;1-2H3. The first-order valence-corrected chi connectivity index (χ1v) is 18.9. The van der Waals surface area contributed by atoms with Gasteiger partial charge in [-0.1, -0.05) is 206 Å². The summed E-state index contributed by atoms with van der Waals surface area (Å²) in [5.74, 6) is 0. The average molecular weight is 667 g/mol. The van der Waals surface area contributed by atoms with Gasteiger partial charge < -0.3 is 0 Å². The van der Waals surface area contributed by atoms with Crippen LogP contribution in [-0.2, 0) is 5.41 Å². The van der Waals surface area contributed by atoms with Crippen molar-refractivity contribution in [2.75, 3.05) is 0 Å². The van der Waals surface area contributed by atoms with Crippen LogP contribution in [0.3, 0.4) is 0 Å². The first kappa shape index (κ1) is 37.1. The van der Waals surface area contributed by atoms with E-state index < -0.39 is 5.41 Å². The van der Waals surface area contributed by atoms with Gasteiger partial charge in [0.15, 0.2) is 0 Å².